The highest BCUT2D eigenvalue weighted by molar-refractivity contribution is 7.11. The predicted molar refractivity (Wildman–Crippen MR) is 88.4 cm³/mol. The van der Waals surface area contributed by atoms with Crippen LogP contribution in [0.4, 0.5) is 4.39 Å². The molecule has 0 amide bonds. The van der Waals surface area contributed by atoms with Crippen LogP contribution in [-0.4, -0.2) is 0 Å². The van der Waals surface area contributed by atoms with Gasteiger partial charge in [0.25, 0.3) is 0 Å². The van der Waals surface area contributed by atoms with E-state index < -0.39 is 0 Å². The molecule has 4 heteroatoms. The van der Waals surface area contributed by atoms with Crippen molar-refractivity contribution in [1.29, 1.82) is 0 Å². The van der Waals surface area contributed by atoms with Crippen molar-refractivity contribution in [3.8, 4) is 0 Å². The van der Waals surface area contributed by atoms with Crippen molar-refractivity contribution in [1.82, 2.24) is 5.32 Å². The van der Waals surface area contributed by atoms with Gasteiger partial charge in [-0.25, -0.2) is 4.39 Å². The van der Waals surface area contributed by atoms with E-state index in [2.05, 4.69) is 47.3 Å². The van der Waals surface area contributed by atoms with E-state index in [1.807, 2.05) is 12.1 Å². The van der Waals surface area contributed by atoms with Gasteiger partial charge in [0.15, 0.2) is 0 Å². The Bertz CT molecular complexity index is 625. The lowest BCUT2D eigenvalue weighted by Crippen LogP contribution is -2.24. The van der Waals surface area contributed by atoms with Gasteiger partial charge in [-0.1, -0.05) is 24.3 Å². The first kappa shape index (κ1) is 14.4. The summed E-state index contributed by atoms with van der Waals surface area (Å²) in [5, 5.41) is 7.85. The van der Waals surface area contributed by atoms with Crippen molar-refractivity contribution in [2.45, 2.75) is 19.0 Å². The van der Waals surface area contributed by atoms with Crippen molar-refractivity contribution < 1.29 is 4.39 Å². The van der Waals surface area contributed by atoms with Crippen molar-refractivity contribution in [3.05, 3.63) is 80.4 Å². The Morgan fingerprint density at radius 3 is 1.95 bits per heavy atom. The van der Waals surface area contributed by atoms with E-state index in [1.165, 1.54) is 21.9 Å². The Labute approximate surface area is 132 Å². The fourth-order valence-corrected chi connectivity index (χ4v) is 3.99. The molecule has 0 spiro atoms. The number of benzene rings is 1. The second kappa shape index (κ2) is 6.52. The lowest BCUT2D eigenvalue weighted by molar-refractivity contribution is 0.525. The molecule has 0 aliphatic carbocycles. The van der Waals surface area contributed by atoms with Crippen LogP contribution in [-0.2, 0) is 0 Å². The maximum Gasteiger partial charge on any atom is 0.123 e. The first-order valence-corrected chi connectivity index (χ1v) is 8.58. The molecule has 1 N–H and O–H groups in total. The summed E-state index contributed by atoms with van der Waals surface area (Å²) >= 11 is 3.51. The van der Waals surface area contributed by atoms with Crippen LogP contribution in [0.3, 0.4) is 0 Å². The average Bonchev–Trinajstić information content (AvgIpc) is 3.19. The Morgan fingerprint density at radius 2 is 1.48 bits per heavy atom. The molecule has 1 atom stereocenters. The normalized spacial score (nSPS) is 12.7. The predicted octanol–water partition coefficient (Wildman–Crippen LogP) is 5.39. The highest BCUT2D eigenvalue weighted by Gasteiger charge is 2.19. The molecule has 0 saturated carbocycles. The van der Waals surface area contributed by atoms with E-state index in [9.17, 15) is 4.39 Å². The van der Waals surface area contributed by atoms with E-state index >= 15 is 0 Å². The number of hydrogen-bond donors (Lipinski definition) is 1. The molecule has 0 bridgehead atoms. The molecule has 21 heavy (non-hydrogen) atoms. The third-order valence-electron chi connectivity index (χ3n) is 3.44. The summed E-state index contributed by atoms with van der Waals surface area (Å²) in [5.41, 5.74) is 1.09. The Hall–Kier alpha value is -1.49. The van der Waals surface area contributed by atoms with Crippen LogP contribution in [0.25, 0.3) is 0 Å². The Morgan fingerprint density at radius 1 is 0.905 bits per heavy atom. The standard InChI is InChI=1S/C17H16FNS2/c1-12(13-6-8-14(18)9-7-13)19-17(15-4-2-10-20-15)16-5-3-11-21-16/h2-12,17,19H,1H3. The summed E-state index contributed by atoms with van der Waals surface area (Å²) in [7, 11) is 0. The molecular weight excluding hydrogens is 301 g/mol. The number of thiophene rings is 2. The van der Waals surface area contributed by atoms with Crippen LogP contribution in [0.2, 0.25) is 0 Å². The summed E-state index contributed by atoms with van der Waals surface area (Å²) in [6.07, 6.45) is 0. The van der Waals surface area contributed by atoms with E-state index in [0.717, 1.165) is 5.56 Å². The second-order valence-corrected chi connectivity index (χ2v) is 6.86. The highest BCUT2D eigenvalue weighted by atomic mass is 32.1. The van der Waals surface area contributed by atoms with E-state index in [0.29, 0.717) is 0 Å². The van der Waals surface area contributed by atoms with Crippen LogP contribution < -0.4 is 5.32 Å². The summed E-state index contributed by atoms with van der Waals surface area (Å²) in [4.78, 5) is 2.60. The molecule has 3 aromatic rings. The molecule has 1 nitrogen and oxygen atoms in total. The third kappa shape index (κ3) is 3.40. The Balaban J connectivity index is 1.83. The fraction of sp³-hybridized carbons (Fsp3) is 0.176. The molecule has 0 aliphatic rings. The molecule has 108 valence electrons. The van der Waals surface area contributed by atoms with Crippen LogP contribution in [0, 0.1) is 5.82 Å². The minimum Gasteiger partial charge on any atom is -0.298 e. The zero-order chi connectivity index (χ0) is 14.7. The van der Waals surface area contributed by atoms with Gasteiger partial charge in [0.1, 0.15) is 5.82 Å². The minimum atomic E-state index is -0.195. The number of nitrogens with one attached hydrogen (secondary N) is 1. The molecule has 1 unspecified atom stereocenters. The SMILES string of the molecule is CC(NC(c1cccs1)c1cccs1)c1ccc(F)cc1. The van der Waals surface area contributed by atoms with Gasteiger partial charge < -0.3 is 0 Å². The quantitative estimate of drug-likeness (QED) is 0.665. The van der Waals surface area contributed by atoms with E-state index in [4.69, 9.17) is 0 Å². The van der Waals surface area contributed by atoms with Crippen molar-refractivity contribution in [2.75, 3.05) is 0 Å². The average molecular weight is 317 g/mol. The third-order valence-corrected chi connectivity index (χ3v) is 5.32. The van der Waals surface area contributed by atoms with Crippen LogP contribution >= 0.6 is 22.7 Å². The van der Waals surface area contributed by atoms with Crippen LogP contribution in [0.15, 0.2) is 59.3 Å². The molecule has 1 aromatic carbocycles. The molecule has 0 fully saturated rings. The zero-order valence-corrected chi connectivity index (χ0v) is 13.3. The molecule has 3 rings (SSSR count). The monoisotopic (exact) mass is 317 g/mol. The fourth-order valence-electron chi connectivity index (χ4n) is 2.31. The molecule has 2 aromatic heterocycles. The summed E-state index contributed by atoms with van der Waals surface area (Å²) < 4.78 is 13.0. The van der Waals surface area contributed by atoms with Crippen molar-refractivity contribution in [2.24, 2.45) is 0 Å². The Kier molecular flexibility index (Phi) is 4.48. The topological polar surface area (TPSA) is 12.0 Å². The largest absolute Gasteiger partial charge is 0.298 e. The van der Waals surface area contributed by atoms with Crippen molar-refractivity contribution in [3.63, 3.8) is 0 Å². The van der Waals surface area contributed by atoms with Crippen LogP contribution in [0.1, 0.15) is 34.3 Å². The van der Waals surface area contributed by atoms with Gasteiger partial charge in [-0.05, 0) is 47.5 Å². The second-order valence-electron chi connectivity index (χ2n) is 4.90. The van der Waals surface area contributed by atoms with Gasteiger partial charge >= 0.3 is 0 Å². The van der Waals surface area contributed by atoms with Gasteiger partial charge in [0.2, 0.25) is 0 Å². The summed E-state index contributed by atoms with van der Waals surface area (Å²) in [6, 6.07) is 15.5. The van der Waals surface area contributed by atoms with Crippen molar-refractivity contribution >= 4 is 22.7 Å². The molecule has 0 radical (unpaired) electrons. The lowest BCUT2D eigenvalue weighted by Gasteiger charge is -2.22. The smallest absolute Gasteiger partial charge is 0.123 e. The number of rotatable bonds is 5. The van der Waals surface area contributed by atoms with Gasteiger partial charge in [-0.3, -0.25) is 5.32 Å². The van der Waals surface area contributed by atoms with Gasteiger partial charge in [-0.15, -0.1) is 22.7 Å². The molecule has 2 heterocycles. The summed E-state index contributed by atoms with van der Waals surface area (Å²) in [6.45, 7) is 2.11. The first-order chi connectivity index (χ1) is 10.2. The first-order valence-electron chi connectivity index (χ1n) is 6.82. The zero-order valence-electron chi connectivity index (χ0n) is 11.6. The van der Waals surface area contributed by atoms with E-state index in [1.54, 1.807) is 22.7 Å². The summed E-state index contributed by atoms with van der Waals surface area (Å²) in [5.74, 6) is -0.195. The number of halogens is 1. The maximum absolute atomic E-state index is 13.0. The van der Waals surface area contributed by atoms with Gasteiger partial charge in [0.05, 0.1) is 6.04 Å². The van der Waals surface area contributed by atoms with Gasteiger partial charge in [0, 0.05) is 15.8 Å². The highest BCUT2D eigenvalue weighted by Crippen LogP contribution is 2.31. The van der Waals surface area contributed by atoms with Gasteiger partial charge in [-0.2, -0.15) is 0 Å². The lowest BCUT2D eigenvalue weighted by atomic mass is 10.1. The van der Waals surface area contributed by atoms with E-state index in [-0.39, 0.29) is 17.9 Å². The minimum absolute atomic E-state index is 0.153. The number of hydrogen-bond acceptors (Lipinski definition) is 3. The molecule has 0 aliphatic heterocycles. The van der Waals surface area contributed by atoms with Crippen LogP contribution in [0.5, 0.6) is 0 Å². The molecule has 0 saturated heterocycles. The maximum atomic E-state index is 13.0. The molecular formula is C17H16FNS2.